The van der Waals surface area contributed by atoms with Crippen LogP contribution in [-0.2, 0) is 13.1 Å². The van der Waals surface area contributed by atoms with Gasteiger partial charge in [-0.1, -0.05) is 76.6 Å². The number of hydrogen-bond acceptors (Lipinski definition) is 5. The van der Waals surface area contributed by atoms with Gasteiger partial charge in [0, 0.05) is 17.6 Å². The van der Waals surface area contributed by atoms with Crippen molar-refractivity contribution in [3.63, 3.8) is 0 Å². The lowest BCUT2D eigenvalue weighted by atomic mass is 10.1. The summed E-state index contributed by atoms with van der Waals surface area (Å²) in [5, 5.41) is 2.99. The molecule has 4 aromatic rings. The number of anilines is 4. The lowest BCUT2D eigenvalue weighted by Gasteiger charge is -2.26. The third kappa shape index (κ3) is 5.19. The summed E-state index contributed by atoms with van der Waals surface area (Å²) < 4.78 is 15.0. The molecule has 156 valence electrons. The maximum atomic E-state index is 14.3. The van der Waals surface area contributed by atoms with E-state index in [2.05, 4.69) is 60.4 Å². The van der Waals surface area contributed by atoms with Gasteiger partial charge < -0.3 is 16.0 Å². The van der Waals surface area contributed by atoms with E-state index in [0.29, 0.717) is 34.9 Å². The Morgan fingerprint density at radius 1 is 0.871 bits per heavy atom. The quantitative estimate of drug-likeness (QED) is 0.346. The van der Waals surface area contributed by atoms with Crippen LogP contribution in [-0.4, -0.2) is 9.97 Å². The van der Waals surface area contributed by atoms with Crippen LogP contribution in [0.5, 0.6) is 0 Å². The van der Waals surface area contributed by atoms with Gasteiger partial charge >= 0.3 is 0 Å². The van der Waals surface area contributed by atoms with Crippen molar-refractivity contribution in [1.82, 2.24) is 9.97 Å². The summed E-state index contributed by atoms with van der Waals surface area (Å²) in [5.41, 5.74) is 9.36. The van der Waals surface area contributed by atoms with Crippen molar-refractivity contribution in [3.05, 3.63) is 107 Å². The minimum Gasteiger partial charge on any atom is -0.393 e. The van der Waals surface area contributed by atoms with Gasteiger partial charge in [0.15, 0.2) is 11.6 Å². The Morgan fingerprint density at radius 3 is 2.06 bits per heavy atom. The molecule has 0 saturated heterocycles. The summed E-state index contributed by atoms with van der Waals surface area (Å²) in [6.07, 6.45) is 1.44. The van der Waals surface area contributed by atoms with Crippen molar-refractivity contribution in [2.75, 3.05) is 16.0 Å². The zero-order valence-electron chi connectivity index (χ0n) is 16.7. The highest BCUT2D eigenvalue weighted by atomic mass is 79.9. The molecule has 0 spiro atoms. The predicted molar refractivity (Wildman–Crippen MR) is 127 cm³/mol. The van der Waals surface area contributed by atoms with Crippen molar-refractivity contribution in [2.45, 2.75) is 13.1 Å². The van der Waals surface area contributed by atoms with Crippen LogP contribution in [0.1, 0.15) is 11.1 Å². The molecule has 7 heteroatoms. The molecule has 0 saturated carbocycles. The van der Waals surface area contributed by atoms with Gasteiger partial charge in [0.1, 0.15) is 17.8 Å². The molecule has 1 heterocycles. The summed E-state index contributed by atoms with van der Waals surface area (Å²) in [6, 6.07) is 25.0. The third-order valence-corrected chi connectivity index (χ3v) is 5.27. The molecule has 5 nitrogen and oxygen atoms in total. The van der Waals surface area contributed by atoms with Gasteiger partial charge in [0.2, 0.25) is 0 Å². The predicted octanol–water partition coefficient (Wildman–Crippen LogP) is 5.91. The van der Waals surface area contributed by atoms with Gasteiger partial charge in [-0.2, -0.15) is 0 Å². The lowest BCUT2D eigenvalue weighted by molar-refractivity contribution is 0.631. The number of nitrogens with two attached hydrogens (primary N) is 1. The van der Waals surface area contributed by atoms with Gasteiger partial charge in [-0.25, -0.2) is 14.4 Å². The smallest absolute Gasteiger partial charge is 0.159 e. The minimum atomic E-state index is -0.403. The van der Waals surface area contributed by atoms with E-state index in [1.54, 1.807) is 12.1 Å². The van der Waals surface area contributed by atoms with Gasteiger partial charge in [0.05, 0.1) is 5.69 Å². The molecule has 0 aliphatic heterocycles. The Labute approximate surface area is 188 Å². The molecular formula is C24H21BrFN5. The van der Waals surface area contributed by atoms with Crippen molar-refractivity contribution in [3.8, 4) is 0 Å². The summed E-state index contributed by atoms with van der Waals surface area (Å²) in [6.45, 7) is 1.23. The second kappa shape index (κ2) is 9.57. The number of nitrogens with zero attached hydrogens (tertiary/aromatic N) is 3. The number of nitrogens with one attached hydrogen (secondary N) is 1. The average Bonchev–Trinajstić information content (AvgIpc) is 2.78. The van der Waals surface area contributed by atoms with E-state index in [-0.39, 0.29) is 5.69 Å². The topological polar surface area (TPSA) is 67.1 Å². The van der Waals surface area contributed by atoms with Crippen molar-refractivity contribution in [2.24, 2.45) is 0 Å². The van der Waals surface area contributed by atoms with Crippen LogP contribution >= 0.6 is 15.9 Å². The number of benzene rings is 3. The molecule has 0 radical (unpaired) electrons. The van der Waals surface area contributed by atoms with E-state index in [0.717, 1.165) is 11.1 Å². The van der Waals surface area contributed by atoms with Gasteiger partial charge in [-0.3, -0.25) is 0 Å². The highest BCUT2D eigenvalue weighted by Crippen LogP contribution is 2.31. The van der Waals surface area contributed by atoms with Crippen molar-refractivity contribution < 1.29 is 4.39 Å². The highest BCUT2D eigenvalue weighted by molar-refractivity contribution is 9.10. The SMILES string of the molecule is Nc1c(Nc2ccc(Br)cc2F)ncnc1N(Cc1ccccc1)Cc1ccccc1. The van der Waals surface area contributed by atoms with E-state index in [4.69, 9.17) is 5.73 Å². The van der Waals surface area contributed by atoms with Crippen LogP contribution in [0.3, 0.4) is 0 Å². The van der Waals surface area contributed by atoms with Crippen molar-refractivity contribution >= 4 is 38.9 Å². The Balaban J connectivity index is 1.67. The molecule has 0 atom stereocenters. The molecule has 0 unspecified atom stereocenters. The summed E-state index contributed by atoms with van der Waals surface area (Å²) >= 11 is 3.27. The molecule has 31 heavy (non-hydrogen) atoms. The Bertz CT molecular complexity index is 1110. The summed E-state index contributed by atoms with van der Waals surface area (Å²) in [7, 11) is 0. The maximum Gasteiger partial charge on any atom is 0.159 e. The standard InChI is InChI=1S/C24H21BrFN5/c25-19-11-12-21(20(26)13-19)30-23-22(27)24(29-16-28-23)31(14-17-7-3-1-4-8-17)15-18-9-5-2-6-10-18/h1-13,16H,14-15,27H2,(H,28,29,30). The van der Waals surface area contributed by atoms with E-state index in [9.17, 15) is 4.39 Å². The minimum absolute atomic E-state index is 0.289. The van der Waals surface area contributed by atoms with E-state index < -0.39 is 5.82 Å². The summed E-state index contributed by atoms with van der Waals surface area (Å²) in [5.74, 6) is 0.541. The molecule has 0 aliphatic carbocycles. The number of nitrogen functional groups attached to an aromatic ring is 1. The summed E-state index contributed by atoms with van der Waals surface area (Å²) in [4.78, 5) is 10.8. The van der Waals surface area contributed by atoms with Crippen LogP contribution in [0.25, 0.3) is 0 Å². The number of rotatable bonds is 7. The average molecular weight is 478 g/mol. The number of hydrogen-bond donors (Lipinski definition) is 2. The zero-order chi connectivity index (χ0) is 21.6. The largest absolute Gasteiger partial charge is 0.393 e. The molecule has 0 aliphatic rings. The first-order valence-corrected chi connectivity index (χ1v) is 10.5. The first-order chi connectivity index (χ1) is 15.1. The first kappa shape index (κ1) is 20.8. The Morgan fingerprint density at radius 2 is 1.48 bits per heavy atom. The molecular weight excluding hydrogens is 457 g/mol. The maximum absolute atomic E-state index is 14.3. The molecule has 0 bridgehead atoms. The Hall–Kier alpha value is -3.45. The first-order valence-electron chi connectivity index (χ1n) is 9.75. The molecule has 1 aromatic heterocycles. The monoisotopic (exact) mass is 477 g/mol. The number of aromatic nitrogens is 2. The highest BCUT2D eigenvalue weighted by Gasteiger charge is 2.17. The van der Waals surface area contributed by atoms with Gasteiger partial charge in [-0.15, -0.1) is 0 Å². The van der Waals surface area contributed by atoms with E-state index in [1.165, 1.54) is 12.4 Å². The van der Waals surface area contributed by atoms with E-state index in [1.807, 2.05) is 36.4 Å². The van der Waals surface area contributed by atoms with Crippen molar-refractivity contribution in [1.29, 1.82) is 0 Å². The normalized spacial score (nSPS) is 10.6. The van der Waals surface area contributed by atoms with Gasteiger partial charge in [0.25, 0.3) is 0 Å². The molecule has 3 aromatic carbocycles. The van der Waals surface area contributed by atoms with Crippen LogP contribution in [0, 0.1) is 5.82 Å². The van der Waals surface area contributed by atoms with Crippen LogP contribution in [0.2, 0.25) is 0 Å². The number of halogens is 2. The second-order valence-electron chi connectivity index (χ2n) is 7.04. The van der Waals surface area contributed by atoms with Crippen LogP contribution in [0.4, 0.5) is 27.4 Å². The third-order valence-electron chi connectivity index (χ3n) is 4.78. The molecule has 0 fully saturated rings. The molecule has 0 amide bonds. The fraction of sp³-hybridized carbons (Fsp3) is 0.0833. The molecule has 4 rings (SSSR count). The fourth-order valence-electron chi connectivity index (χ4n) is 3.27. The lowest BCUT2D eigenvalue weighted by Crippen LogP contribution is -2.24. The molecule has 3 N–H and O–H groups in total. The zero-order valence-corrected chi connectivity index (χ0v) is 18.3. The van der Waals surface area contributed by atoms with Crippen LogP contribution in [0.15, 0.2) is 89.7 Å². The van der Waals surface area contributed by atoms with E-state index >= 15 is 0 Å². The van der Waals surface area contributed by atoms with Gasteiger partial charge in [-0.05, 0) is 29.3 Å². The Kier molecular flexibility index (Phi) is 6.43. The van der Waals surface area contributed by atoms with Crippen LogP contribution < -0.4 is 16.0 Å². The fourth-order valence-corrected chi connectivity index (χ4v) is 3.60. The second-order valence-corrected chi connectivity index (χ2v) is 7.95.